The fourth-order valence-corrected chi connectivity index (χ4v) is 2.16. The van der Waals surface area contributed by atoms with E-state index in [4.69, 9.17) is 0 Å². The molecule has 15 heavy (non-hydrogen) atoms. The first-order valence-corrected chi connectivity index (χ1v) is 5.39. The van der Waals surface area contributed by atoms with Crippen molar-refractivity contribution in [3.05, 3.63) is 29.8 Å². The first kappa shape index (κ1) is 10.3. The lowest BCUT2D eigenvalue weighted by Gasteiger charge is -2.06. The molecule has 0 N–H and O–H groups in total. The molecular weight excluding hydrogens is 193 g/mol. The van der Waals surface area contributed by atoms with Crippen molar-refractivity contribution in [3.8, 4) is 0 Å². The minimum absolute atomic E-state index is 0.0221. The Morgan fingerprint density at radius 3 is 2.80 bits per heavy atom. The molecule has 0 radical (unpaired) electrons. The second-order valence-electron chi connectivity index (χ2n) is 4.17. The van der Waals surface area contributed by atoms with Crippen LogP contribution in [0.5, 0.6) is 0 Å². The lowest BCUT2D eigenvalue weighted by atomic mass is 9.98. The molecule has 1 fully saturated rings. The third-order valence-corrected chi connectivity index (χ3v) is 2.98. The van der Waals surface area contributed by atoms with Crippen LogP contribution in [0.3, 0.4) is 0 Å². The molecule has 1 aromatic rings. The van der Waals surface area contributed by atoms with E-state index in [2.05, 4.69) is 4.98 Å². The van der Waals surface area contributed by atoms with E-state index in [0.717, 1.165) is 19.0 Å². The Balaban J connectivity index is 2.01. The minimum Gasteiger partial charge on any atom is -0.294 e. The molecule has 0 aromatic carbocycles. The minimum atomic E-state index is -0.438. The SMILES string of the molecule is O=C(CC1CCCC1)c1cncc(F)c1. The van der Waals surface area contributed by atoms with Crippen LogP contribution in [0.4, 0.5) is 4.39 Å². The van der Waals surface area contributed by atoms with Gasteiger partial charge in [0.15, 0.2) is 5.78 Å². The topological polar surface area (TPSA) is 30.0 Å². The van der Waals surface area contributed by atoms with Crippen LogP contribution in [-0.4, -0.2) is 10.8 Å². The highest BCUT2D eigenvalue weighted by Crippen LogP contribution is 2.28. The van der Waals surface area contributed by atoms with Crippen molar-refractivity contribution in [1.29, 1.82) is 0 Å². The second kappa shape index (κ2) is 4.51. The van der Waals surface area contributed by atoms with Gasteiger partial charge in [-0.1, -0.05) is 25.7 Å². The summed E-state index contributed by atoms with van der Waals surface area (Å²) in [4.78, 5) is 15.4. The first-order chi connectivity index (χ1) is 7.25. The molecule has 3 heteroatoms. The highest BCUT2D eigenvalue weighted by Gasteiger charge is 2.19. The lowest BCUT2D eigenvalue weighted by molar-refractivity contribution is 0.0961. The Morgan fingerprint density at radius 2 is 2.13 bits per heavy atom. The van der Waals surface area contributed by atoms with Crippen LogP contribution in [0.2, 0.25) is 0 Å². The zero-order valence-corrected chi connectivity index (χ0v) is 8.58. The molecule has 0 aliphatic heterocycles. The van der Waals surface area contributed by atoms with E-state index in [1.165, 1.54) is 25.1 Å². The number of ketones is 1. The molecule has 1 aliphatic rings. The third-order valence-electron chi connectivity index (χ3n) is 2.98. The van der Waals surface area contributed by atoms with Crippen LogP contribution in [0.1, 0.15) is 42.5 Å². The summed E-state index contributed by atoms with van der Waals surface area (Å²) in [5.74, 6) is 0.0851. The summed E-state index contributed by atoms with van der Waals surface area (Å²) >= 11 is 0. The Hall–Kier alpha value is -1.25. The monoisotopic (exact) mass is 207 g/mol. The highest BCUT2D eigenvalue weighted by atomic mass is 19.1. The largest absolute Gasteiger partial charge is 0.294 e. The van der Waals surface area contributed by atoms with E-state index in [9.17, 15) is 9.18 Å². The fourth-order valence-electron chi connectivity index (χ4n) is 2.16. The molecule has 1 saturated carbocycles. The fraction of sp³-hybridized carbons (Fsp3) is 0.500. The van der Waals surface area contributed by atoms with Crippen LogP contribution in [0.25, 0.3) is 0 Å². The molecule has 80 valence electrons. The predicted molar refractivity (Wildman–Crippen MR) is 55.1 cm³/mol. The number of hydrogen-bond acceptors (Lipinski definition) is 2. The summed E-state index contributed by atoms with van der Waals surface area (Å²) in [6.45, 7) is 0. The van der Waals surface area contributed by atoms with Gasteiger partial charge in [-0.25, -0.2) is 4.39 Å². The summed E-state index contributed by atoms with van der Waals surface area (Å²) < 4.78 is 12.8. The summed E-state index contributed by atoms with van der Waals surface area (Å²) in [7, 11) is 0. The zero-order valence-electron chi connectivity index (χ0n) is 8.58. The van der Waals surface area contributed by atoms with Crippen molar-refractivity contribution >= 4 is 5.78 Å². The number of Topliss-reactive ketones (excluding diaryl/α,β-unsaturated/α-hetero) is 1. The standard InChI is InChI=1S/C12H14FNO/c13-11-6-10(7-14-8-11)12(15)5-9-3-1-2-4-9/h6-9H,1-5H2. The summed E-state index contributed by atoms with van der Waals surface area (Å²) in [6.07, 6.45) is 7.82. The number of carbonyl (C=O) groups excluding carboxylic acids is 1. The molecular formula is C12H14FNO. The Labute approximate surface area is 88.5 Å². The average molecular weight is 207 g/mol. The summed E-state index contributed by atoms with van der Waals surface area (Å²) in [6, 6.07) is 1.27. The number of nitrogens with zero attached hydrogens (tertiary/aromatic N) is 1. The summed E-state index contributed by atoms with van der Waals surface area (Å²) in [5, 5.41) is 0. The Bertz CT molecular complexity index is 358. The molecule has 0 bridgehead atoms. The van der Waals surface area contributed by atoms with Gasteiger partial charge < -0.3 is 0 Å². The van der Waals surface area contributed by atoms with Crippen LogP contribution >= 0.6 is 0 Å². The van der Waals surface area contributed by atoms with Crippen molar-refractivity contribution in [2.24, 2.45) is 5.92 Å². The first-order valence-electron chi connectivity index (χ1n) is 5.39. The van der Waals surface area contributed by atoms with Gasteiger partial charge in [0.1, 0.15) is 5.82 Å². The molecule has 0 spiro atoms. The zero-order chi connectivity index (χ0) is 10.7. The maximum absolute atomic E-state index is 12.8. The predicted octanol–water partition coefficient (Wildman–Crippen LogP) is 2.98. The quantitative estimate of drug-likeness (QED) is 0.713. The number of hydrogen-bond donors (Lipinski definition) is 0. The van der Waals surface area contributed by atoms with Crippen molar-refractivity contribution in [2.75, 3.05) is 0 Å². The number of aromatic nitrogens is 1. The Morgan fingerprint density at radius 1 is 1.40 bits per heavy atom. The van der Waals surface area contributed by atoms with Crippen molar-refractivity contribution in [2.45, 2.75) is 32.1 Å². The van der Waals surface area contributed by atoms with Gasteiger partial charge in [-0.15, -0.1) is 0 Å². The molecule has 2 rings (SSSR count). The van der Waals surface area contributed by atoms with E-state index in [-0.39, 0.29) is 5.78 Å². The normalized spacial score (nSPS) is 16.9. The van der Waals surface area contributed by atoms with E-state index < -0.39 is 5.82 Å². The Kier molecular flexibility index (Phi) is 3.09. The van der Waals surface area contributed by atoms with Gasteiger partial charge in [-0.05, 0) is 12.0 Å². The molecule has 1 heterocycles. The number of rotatable bonds is 3. The van der Waals surface area contributed by atoms with Gasteiger partial charge >= 0.3 is 0 Å². The van der Waals surface area contributed by atoms with E-state index in [1.807, 2.05) is 0 Å². The lowest BCUT2D eigenvalue weighted by Crippen LogP contribution is -2.06. The van der Waals surface area contributed by atoms with Crippen molar-refractivity contribution in [3.63, 3.8) is 0 Å². The van der Waals surface area contributed by atoms with Crippen LogP contribution in [0.15, 0.2) is 18.5 Å². The van der Waals surface area contributed by atoms with Gasteiger partial charge in [-0.3, -0.25) is 9.78 Å². The average Bonchev–Trinajstić information content (AvgIpc) is 2.70. The number of carbonyl (C=O) groups is 1. The van der Waals surface area contributed by atoms with Crippen LogP contribution in [-0.2, 0) is 0 Å². The van der Waals surface area contributed by atoms with Crippen molar-refractivity contribution < 1.29 is 9.18 Å². The van der Waals surface area contributed by atoms with Gasteiger partial charge in [0.2, 0.25) is 0 Å². The molecule has 0 saturated heterocycles. The van der Waals surface area contributed by atoms with Crippen molar-refractivity contribution in [1.82, 2.24) is 4.98 Å². The molecule has 2 nitrogen and oxygen atoms in total. The molecule has 1 aromatic heterocycles. The molecule has 0 unspecified atom stereocenters. The molecule has 0 amide bonds. The molecule has 0 atom stereocenters. The second-order valence-corrected chi connectivity index (χ2v) is 4.17. The van der Waals surface area contributed by atoms with Gasteiger partial charge in [0.05, 0.1) is 6.20 Å². The summed E-state index contributed by atoms with van der Waals surface area (Å²) in [5.41, 5.74) is 0.405. The maximum atomic E-state index is 12.8. The molecule has 1 aliphatic carbocycles. The smallest absolute Gasteiger partial charge is 0.164 e. The van der Waals surface area contributed by atoms with Gasteiger partial charge in [0.25, 0.3) is 0 Å². The number of halogens is 1. The van der Waals surface area contributed by atoms with E-state index in [0.29, 0.717) is 17.9 Å². The highest BCUT2D eigenvalue weighted by molar-refractivity contribution is 5.95. The third kappa shape index (κ3) is 2.61. The van der Waals surface area contributed by atoms with Gasteiger partial charge in [0, 0.05) is 18.2 Å². The van der Waals surface area contributed by atoms with Crippen LogP contribution in [0, 0.1) is 11.7 Å². The van der Waals surface area contributed by atoms with E-state index in [1.54, 1.807) is 0 Å². The van der Waals surface area contributed by atoms with Crippen LogP contribution < -0.4 is 0 Å². The van der Waals surface area contributed by atoms with Gasteiger partial charge in [-0.2, -0.15) is 0 Å². The number of pyridine rings is 1. The maximum Gasteiger partial charge on any atom is 0.164 e. The van der Waals surface area contributed by atoms with E-state index >= 15 is 0 Å².